The fourth-order valence-corrected chi connectivity index (χ4v) is 2.25. The number of carboxylic acid groups (broad SMARTS) is 1. The van der Waals surface area contributed by atoms with E-state index in [4.69, 9.17) is 14.6 Å². The van der Waals surface area contributed by atoms with Crippen LogP contribution in [-0.4, -0.2) is 30.4 Å². The minimum Gasteiger partial charge on any atom is -0.491 e. The lowest BCUT2D eigenvalue weighted by molar-refractivity contribution is -0.192. The fourth-order valence-electron chi connectivity index (χ4n) is 2.25. The fraction of sp³-hybridized carbons (Fsp3) is 0.211. The zero-order valence-corrected chi connectivity index (χ0v) is 13.8. The first-order valence-corrected chi connectivity index (χ1v) is 7.86. The van der Waals surface area contributed by atoms with Crippen LogP contribution in [-0.2, 0) is 11.3 Å². The molecule has 0 fully saturated rings. The number of benzene rings is 2. The molecule has 0 spiro atoms. The number of aliphatic carboxylic acids is 1. The molecule has 0 atom stereocenters. The second-order valence-electron chi connectivity index (χ2n) is 5.41. The molecule has 1 heterocycles. The van der Waals surface area contributed by atoms with Crippen molar-refractivity contribution in [3.63, 3.8) is 0 Å². The van der Waals surface area contributed by atoms with E-state index in [2.05, 4.69) is 47.8 Å². The monoisotopic (exact) mass is 365 g/mol. The molecule has 0 radical (unpaired) electrons. The maximum absolute atomic E-state index is 10.6. The van der Waals surface area contributed by atoms with E-state index in [-0.39, 0.29) is 0 Å². The summed E-state index contributed by atoms with van der Waals surface area (Å²) in [5.74, 6) is -1.74. The highest BCUT2D eigenvalue weighted by Crippen LogP contribution is 2.27. The number of carboxylic acids is 1. The number of fused-ring (bicyclic) bond motifs is 1. The molecule has 26 heavy (non-hydrogen) atoms. The molecule has 2 N–H and O–H groups in total. The van der Waals surface area contributed by atoms with Crippen LogP contribution in [0.5, 0.6) is 5.75 Å². The normalized spacial score (nSPS) is 13.8. The molecular formula is C19H18F3NO3. The van der Waals surface area contributed by atoms with Gasteiger partial charge in [-0.2, -0.15) is 13.2 Å². The minimum absolute atomic E-state index is 0.725. The third kappa shape index (κ3) is 5.93. The third-order valence-corrected chi connectivity index (χ3v) is 3.47. The number of hydrogen-bond donors (Lipinski definition) is 2. The van der Waals surface area contributed by atoms with E-state index in [1.165, 1.54) is 11.1 Å². The lowest BCUT2D eigenvalue weighted by Gasteiger charge is -2.09. The van der Waals surface area contributed by atoms with Crippen LogP contribution < -0.4 is 10.1 Å². The van der Waals surface area contributed by atoms with Crippen molar-refractivity contribution < 1.29 is 27.8 Å². The predicted molar refractivity (Wildman–Crippen MR) is 92.7 cm³/mol. The first-order valence-electron chi connectivity index (χ1n) is 7.86. The highest BCUT2D eigenvalue weighted by molar-refractivity contribution is 5.73. The Morgan fingerprint density at radius 1 is 1.08 bits per heavy atom. The molecule has 0 saturated heterocycles. The van der Waals surface area contributed by atoms with Gasteiger partial charge in [-0.1, -0.05) is 60.7 Å². The maximum atomic E-state index is 10.6. The van der Waals surface area contributed by atoms with Gasteiger partial charge in [0.05, 0.1) is 0 Å². The molecule has 0 amide bonds. The molecule has 0 bridgehead atoms. The van der Waals surface area contributed by atoms with Gasteiger partial charge in [0.2, 0.25) is 0 Å². The van der Waals surface area contributed by atoms with Gasteiger partial charge in [-0.15, -0.1) is 0 Å². The average Bonchev–Trinajstić information content (AvgIpc) is 2.86. The molecular weight excluding hydrogens is 347 g/mol. The summed E-state index contributed by atoms with van der Waals surface area (Å²) in [7, 11) is 0. The van der Waals surface area contributed by atoms with Gasteiger partial charge in [0.25, 0.3) is 0 Å². The van der Waals surface area contributed by atoms with Crippen LogP contribution in [0.1, 0.15) is 16.7 Å². The number of nitrogens with one attached hydrogen (secondary N) is 1. The Morgan fingerprint density at radius 3 is 2.42 bits per heavy atom. The molecule has 1 aliphatic rings. The van der Waals surface area contributed by atoms with Crippen LogP contribution >= 0.6 is 0 Å². The zero-order valence-electron chi connectivity index (χ0n) is 13.8. The Kier molecular flexibility index (Phi) is 6.80. The van der Waals surface area contributed by atoms with E-state index in [0.717, 1.165) is 31.0 Å². The van der Waals surface area contributed by atoms with E-state index < -0.39 is 12.1 Å². The molecule has 2 aromatic carbocycles. The number of para-hydroxylation sites is 1. The van der Waals surface area contributed by atoms with Gasteiger partial charge >= 0.3 is 12.1 Å². The van der Waals surface area contributed by atoms with Crippen LogP contribution in [0.25, 0.3) is 12.2 Å². The summed E-state index contributed by atoms with van der Waals surface area (Å²) in [5.41, 5.74) is 3.57. The van der Waals surface area contributed by atoms with Gasteiger partial charge in [0.1, 0.15) is 12.4 Å². The number of carbonyl (C=O) groups is 1. The van der Waals surface area contributed by atoms with Gasteiger partial charge in [-0.05, 0) is 5.56 Å². The lowest BCUT2D eigenvalue weighted by Crippen LogP contribution is -2.21. The van der Waals surface area contributed by atoms with E-state index in [9.17, 15) is 13.2 Å². The quantitative estimate of drug-likeness (QED) is 0.791. The summed E-state index contributed by atoms with van der Waals surface area (Å²) >= 11 is 0. The Bertz CT molecular complexity index is 758. The topological polar surface area (TPSA) is 58.6 Å². The highest BCUT2D eigenvalue weighted by atomic mass is 19.4. The van der Waals surface area contributed by atoms with E-state index >= 15 is 0 Å². The van der Waals surface area contributed by atoms with E-state index in [1.807, 2.05) is 18.2 Å². The van der Waals surface area contributed by atoms with Crippen molar-refractivity contribution in [3.8, 4) is 5.75 Å². The zero-order chi connectivity index (χ0) is 19.0. The highest BCUT2D eigenvalue weighted by Gasteiger charge is 2.38. The predicted octanol–water partition coefficient (Wildman–Crippen LogP) is 3.97. The molecule has 0 unspecified atom stereocenters. The summed E-state index contributed by atoms with van der Waals surface area (Å²) in [5, 5.41) is 10.5. The van der Waals surface area contributed by atoms with E-state index in [1.54, 1.807) is 0 Å². The molecule has 4 nitrogen and oxygen atoms in total. The van der Waals surface area contributed by atoms with Crippen LogP contribution in [0.4, 0.5) is 13.2 Å². The Morgan fingerprint density at radius 2 is 1.77 bits per heavy atom. The number of halogens is 3. The minimum atomic E-state index is -5.08. The molecule has 3 rings (SSSR count). The summed E-state index contributed by atoms with van der Waals surface area (Å²) in [6.45, 7) is 2.50. The summed E-state index contributed by atoms with van der Waals surface area (Å²) in [6.07, 6.45) is -0.837. The maximum Gasteiger partial charge on any atom is 0.490 e. The van der Waals surface area contributed by atoms with Crippen LogP contribution in [0, 0.1) is 0 Å². The van der Waals surface area contributed by atoms with Crippen molar-refractivity contribution in [2.24, 2.45) is 0 Å². The number of rotatable bonds is 2. The lowest BCUT2D eigenvalue weighted by atomic mass is 10.1. The molecule has 0 aromatic heterocycles. The van der Waals surface area contributed by atoms with Gasteiger partial charge in [0.15, 0.2) is 0 Å². The Balaban J connectivity index is 0.000000298. The molecule has 0 aliphatic carbocycles. The molecule has 2 aromatic rings. The van der Waals surface area contributed by atoms with E-state index in [0.29, 0.717) is 0 Å². The van der Waals surface area contributed by atoms with Crippen molar-refractivity contribution >= 4 is 18.1 Å². The summed E-state index contributed by atoms with van der Waals surface area (Å²) in [4.78, 5) is 8.90. The largest absolute Gasteiger partial charge is 0.491 e. The summed E-state index contributed by atoms with van der Waals surface area (Å²) in [6, 6.07) is 16.6. The van der Waals surface area contributed by atoms with Crippen molar-refractivity contribution in [1.82, 2.24) is 5.32 Å². The molecule has 1 aliphatic heterocycles. The average molecular weight is 365 g/mol. The molecule has 138 valence electrons. The first-order chi connectivity index (χ1) is 12.4. The SMILES string of the molecule is C(=C\c1cccc2c1OCCNC2)/c1ccccc1.O=C(O)C(F)(F)F. The van der Waals surface area contributed by atoms with Crippen LogP contribution in [0.3, 0.4) is 0 Å². The number of hydrogen-bond acceptors (Lipinski definition) is 3. The van der Waals surface area contributed by atoms with Crippen molar-refractivity contribution in [3.05, 3.63) is 65.2 Å². The summed E-state index contributed by atoms with van der Waals surface area (Å²) < 4.78 is 37.6. The third-order valence-electron chi connectivity index (χ3n) is 3.47. The van der Waals surface area contributed by atoms with Gasteiger partial charge in [-0.25, -0.2) is 4.79 Å². The smallest absolute Gasteiger partial charge is 0.490 e. The number of ether oxygens (including phenoxy) is 1. The van der Waals surface area contributed by atoms with Gasteiger partial charge in [0, 0.05) is 24.2 Å². The number of alkyl halides is 3. The first kappa shape index (κ1) is 19.5. The Labute approximate surface area is 148 Å². The molecule has 7 heteroatoms. The Hall–Kier alpha value is -2.80. The second-order valence-corrected chi connectivity index (χ2v) is 5.41. The van der Waals surface area contributed by atoms with Crippen LogP contribution in [0.2, 0.25) is 0 Å². The van der Waals surface area contributed by atoms with Crippen LogP contribution in [0.15, 0.2) is 48.5 Å². The molecule has 0 saturated carbocycles. The van der Waals surface area contributed by atoms with Crippen molar-refractivity contribution in [2.75, 3.05) is 13.2 Å². The van der Waals surface area contributed by atoms with Crippen molar-refractivity contribution in [2.45, 2.75) is 12.7 Å². The van der Waals surface area contributed by atoms with Gasteiger partial charge < -0.3 is 15.2 Å². The van der Waals surface area contributed by atoms with Gasteiger partial charge in [-0.3, -0.25) is 0 Å². The standard InChI is InChI=1S/C17H17NO.C2HF3O2/c1-2-5-14(6-3-1)9-10-15-7-4-8-16-13-18-11-12-19-17(15)16;3-2(4,5)1(6)7/h1-10,18H,11-13H2;(H,6,7)/b10-9+;. The second kappa shape index (κ2) is 9.05. The van der Waals surface area contributed by atoms with Crippen molar-refractivity contribution in [1.29, 1.82) is 0 Å².